The normalized spacial score (nSPS) is 24.6. The molecule has 2 unspecified atom stereocenters. The number of hydrogen-bond donors (Lipinski definition) is 0. The van der Waals surface area contributed by atoms with Crippen LogP contribution in [0.3, 0.4) is 0 Å². The highest BCUT2D eigenvalue weighted by atomic mass is 16.5. The monoisotopic (exact) mass is 241 g/mol. The molecule has 0 aliphatic carbocycles. The highest BCUT2D eigenvalue weighted by Crippen LogP contribution is 2.25. The fourth-order valence-electron chi connectivity index (χ4n) is 1.77. The molecule has 1 saturated heterocycles. The maximum atomic E-state index is 11.7. The molecule has 17 heavy (non-hydrogen) atoms. The van der Waals surface area contributed by atoms with E-state index in [1.807, 2.05) is 0 Å². The van der Waals surface area contributed by atoms with Gasteiger partial charge in [0.1, 0.15) is 0 Å². The Morgan fingerprint density at radius 1 is 1.24 bits per heavy atom. The van der Waals surface area contributed by atoms with Gasteiger partial charge in [0.15, 0.2) is 0 Å². The number of imide groups is 1. The molecule has 1 fully saturated rings. The van der Waals surface area contributed by atoms with Crippen molar-refractivity contribution >= 4 is 17.8 Å². The molecule has 0 N–H and O–H groups in total. The van der Waals surface area contributed by atoms with Gasteiger partial charge in [-0.1, -0.05) is 13.8 Å². The number of carbonyl (C=O) groups is 3. The highest BCUT2D eigenvalue weighted by molar-refractivity contribution is 6.04. The van der Waals surface area contributed by atoms with Crippen molar-refractivity contribution in [2.75, 3.05) is 6.54 Å². The van der Waals surface area contributed by atoms with Crippen molar-refractivity contribution in [2.24, 2.45) is 11.8 Å². The lowest BCUT2D eigenvalue weighted by Gasteiger charge is -2.14. The molecule has 1 heterocycles. The van der Waals surface area contributed by atoms with Crippen LogP contribution in [0.2, 0.25) is 0 Å². The van der Waals surface area contributed by atoms with Gasteiger partial charge < -0.3 is 4.74 Å². The molecule has 1 aliphatic rings. The van der Waals surface area contributed by atoms with Gasteiger partial charge in [0.2, 0.25) is 11.8 Å². The van der Waals surface area contributed by atoms with Crippen molar-refractivity contribution in [3.05, 3.63) is 0 Å². The highest BCUT2D eigenvalue weighted by Gasteiger charge is 2.41. The van der Waals surface area contributed by atoms with E-state index in [2.05, 4.69) is 0 Å². The Labute approximate surface area is 101 Å². The zero-order valence-corrected chi connectivity index (χ0v) is 10.7. The molecule has 0 bridgehead atoms. The van der Waals surface area contributed by atoms with Crippen LogP contribution in [0.25, 0.3) is 0 Å². The first-order chi connectivity index (χ1) is 7.84. The molecule has 2 amide bonds. The summed E-state index contributed by atoms with van der Waals surface area (Å²) in [5.74, 6) is -1.35. The van der Waals surface area contributed by atoms with Gasteiger partial charge in [-0.3, -0.25) is 19.3 Å². The van der Waals surface area contributed by atoms with E-state index in [1.165, 1.54) is 0 Å². The third-order valence-corrected chi connectivity index (χ3v) is 2.97. The summed E-state index contributed by atoms with van der Waals surface area (Å²) in [6, 6.07) is 0. The van der Waals surface area contributed by atoms with Crippen molar-refractivity contribution in [2.45, 2.75) is 40.2 Å². The minimum absolute atomic E-state index is 0.0646. The SMILES string of the molecule is CC(C)OC(=O)CCN1C(=O)C(C)C(C)C1=O. The summed E-state index contributed by atoms with van der Waals surface area (Å²) in [4.78, 5) is 35.9. The summed E-state index contributed by atoms with van der Waals surface area (Å²) in [5, 5.41) is 0. The molecule has 0 saturated carbocycles. The fraction of sp³-hybridized carbons (Fsp3) is 0.750. The number of ether oxygens (including phenoxy) is 1. The summed E-state index contributed by atoms with van der Waals surface area (Å²) in [6.45, 7) is 7.11. The summed E-state index contributed by atoms with van der Waals surface area (Å²) in [6.07, 6.45) is -0.111. The molecule has 0 spiro atoms. The first kappa shape index (κ1) is 13.7. The zero-order chi connectivity index (χ0) is 13.2. The lowest BCUT2D eigenvalue weighted by atomic mass is 10.00. The molecule has 1 rings (SSSR count). The van der Waals surface area contributed by atoms with Gasteiger partial charge in [0.05, 0.1) is 12.5 Å². The van der Waals surface area contributed by atoms with E-state index in [4.69, 9.17) is 4.74 Å². The van der Waals surface area contributed by atoms with Crippen molar-refractivity contribution in [3.8, 4) is 0 Å². The third-order valence-electron chi connectivity index (χ3n) is 2.97. The lowest BCUT2D eigenvalue weighted by Crippen LogP contribution is -2.33. The number of esters is 1. The lowest BCUT2D eigenvalue weighted by molar-refractivity contribution is -0.148. The van der Waals surface area contributed by atoms with Gasteiger partial charge in [-0.2, -0.15) is 0 Å². The Morgan fingerprint density at radius 2 is 1.71 bits per heavy atom. The number of rotatable bonds is 4. The van der Waals surface area contributed by atoms with Gasteiger partial charge in [0.25, 0.3) is 0 Å². The number of nitrogens with zero attached hydrogens (tertiary/aromatic N) is 1. The Morgan fingerprint density at radius 3 is 2.12 bits per heavy atom. The molecule has 96 valence electrons. The van der Waals surface area contributed by atoms with Crippen LogP contribution in [0.15, 0.2) is 0 Å². The third kappa shape index (κ3) is 3.05. The second kappa shape index (κ2) is 5.29. The zero-order valence-electron chi connectivity index (χ0n) is 10.7. The minimum Gasteiger partial charge on any atom is -0.463 e. The predicted molar refractivity (Wildman–Crippen MR) is 60.9 cm³/mol. The van der Waals surface area contributed by atoms with Crippen molar-refractivity contribution in [1.29, 1.82) is 0 Å². The summed E-state index contributed by atoms with van der Waals surface area (Å²) in [7, 11) is 0. The quantitative estimate of drug-likeness (QED) is 0.543. The molecular weight excluding hydrogens is 222 g/mol. The van der Waals surface area contributed by atoms with Crippen molar-refractivity contribution in [3.63, 3.8) is 0 Å². The first-order valence-corrected chi connectivity index (χ1v) is 5.89. The molecule has 0 aromatic rings. The van der Waals surface area contributed by atoms with E-state index in [0.717, 1.165) is 4.90 Å². The molecule has 0 aromatic carbocycles. The standard InChI is InChI=1S/C12H19NO4/c1-7(2)17-10(14)5-6-13-11(15)8(3)9(4)12(13)16/h7-9H,5-6H2,1-4H3. The van der Waals surface area contributed by atoms with E-state index >= 15 is 0 Å². The number of likely N-dealkylation sites (tertiary alicyclic amines) is 1. The number of amides is 2. The second-order valence-corrected chi connectivity index (χ2v) is 4.69. The van der Waals surface area contributed by atoms with Crippen LogP contribution < -0.4 is 0 Å². The number of carbonyl (C=O) groups excluding carboxylic acids is 3. The van der Waals surface area contributed by atoms with Crippen molar-refractivity contribution < 1.29 is 19.1 Å². The Balaban J connectivity index is 2.50. The topological polar surface area (TPSA) is 63.7 Å². The molecule has 5 nitrogen and oxygen atoms in total. The van der Waals surface area contributed by atoms with E-state index in [0.29, 0.717) is 0 Å². The van der Waals surface area contributed by atoms with Gasteiger partial charge in [-0.05, 0) is 13.8 Å². The smallest absolute Gasteiger partial charge is 0.307 e. The van der Waals surface area contributed by atoms with Crippen LogP contribution in [-0.4, -0.2) is 35.3 Å². The van der Waals surface area contributed by atoms with Crippen LogP contribution in [0.4, 0.5) is 0 Å². The van der Waals surface area contributed by atoms with E-state index < -0.39 is 0 Å². The van der Waals surface area contributed by atoms with E-state index in [1.54, 1.807) is 27.7 Å². The van der Waals surface area contributed by atoms with Gasteiger partial charge >= 0.3 is 5.97 Å². The van der Waals surface area contributed by atoms with Gasteiger partial charge in [-0.15, -0.1) is 0 Å². The van der Waals surface area contributed by atoms with Crippen LogP contribution in [0, 0.1) is 11.8 Å². The maximum absolute atomic E-state index is 11.7. The van der Waals surface area contributed by atoms with Crippen LogP contribution in [0.5, 0.6) is 0 Å². The summed E-state index contributed by atoms with van der Waals surface area (Å²) >= 11 is 0. The van der Waals surface area contributed by atoms with Crippen LogP contribution in [0.1, 0.15) is 34.1 Å². The Bertz CT molecular complexity index is 317. The second-order valence-electron chi connectivity index (χ2n) is 4.69. The van der Waals surface area contributed by atoms with Gasteiger partial charge in [0, 0.05) is 18.4 Å². The molecular formula is C12H19NO4. The molecule has 5 heteroatoms. The van der Waals surface area contributed by atoms with Crippen LogP contribution >= 0.6 is 0 Å². The van der Waals surface area contributed by atoms with E-state index in [9.17, 15) is 14.4 Å². The van der Waals surface area contributed by atoms with E-state index in [-0.39, 0.29) is 48.7 Å². The molecule has 0 aromatic heterocycles. The fourth-order valence-corrected chi connectivity index (χ4v) is 1.77. The summed E-state index contributed by atoms with van der Waals surface area (Å²) < 4.78 is 4.95. The average Bonchev–Trinajstić information content (AvgIpc) is 2.41. The van der Waals surface area contributed by atoms with Gasteiger partial charge in [-0.25, -0.2) is 0 Å². The molecule has 1 aliphatic heterocycles. The Kier molecular flexibility index (Phi) is 4.26. The largest absolute Gasteiger partial charge is 0.463 e. The Hall–Kier alpha value is -1.39. The summed E-state index contributed by atoms with van der Waals surface area (Å²) in [5.41, 5.74) is 0. The average molecular weight is 241 g/mol. The van der Waals surface area contributed by atoms with Crippen LogP contribution in [-0.2, 0) is 19.1 Å². The number of hydrogen-bond acceptors (Lipinski definition) is 4. The minimum atomic E-state index is -0.382. The predicted octanol–water partition coefficient (Wildman–Crippen LogP) is 0.969. The molecule has 2 atom stereocenters. The van der Waals surface area contributed by atoms with Crippen molar-refractivity contribution in [1.82, 2.24) is 4.90 Å². The maximum Gasteiger partial charge on any atom is 0.307 e. The molecule has 0 radical (unpaired) electrons. The first-order valence-electron chi connectivity index (χ1n) is 5.89.